The molecule has 0 aromatic carbocycles. The third kappa shape index (κ3) is 1.97. The topological polar surface area (TPSA) is 38.5 Å². The van der Waals surface area contributed by atoms with Crippen molar-refractivity contribution in [1.82, 2.24) is 4.90 Å². The fourth-order valence-electron chi connectivity index (χ4n) is 1.83. The minimum Gasteiger partial charge on any atom is -0.381 e. The van der Waals surface area contributed by atoms with Gasteiger partial charge in [-0.1, -0.05) is 0 Å². The summed E-state index contributed by atoms with van der Waals surface area (Å²) in [6.07, 6.45) is 3.36. The first-order valence-corrected chi connectivity index (χ1v) is 4.66. The van der Waals surface area contributed by atoms with E-state index in [0.717, 1.165) is 39.0 Å². The normalized spacial score (nSPS) is 32.0. The summed E-state index contributed by atoms with van der Waals surface area (Å²) in [4.78, 5) is 2.25. The van der Waals surface area contributed by atoms with Crippen molar-refractivity contribution < 1.29 is 4.74 Å². The molecular weight excluding hydrogens is 152 g/mol. The lowest BCUT2D eigenvalue weighted by Gasteiger charge is -2.37. The first-order chi connectivity index (χ1) is 5.71. The van der Waals surface area contributed by atoms with Gasteiger partial charge in [0.15, 0.2) is 0 Å². The van der Waals surface area contributed by atoms with Crippen LogP contribution in [0.3, 0.4) is 0 Å². The number of nitrogens with zero attached hydrogens (tertiary/aromatic N) is 1. The highest BCUT2D eigenvalue weighted by Gasteiger charge is 2.31. The van der Waals surface area contributed by atoms with Crippen LogP contribution >= 0.6 is 0 Å². The molecule has 1 rings (SSSR count). The van der Waals surface area contributed by atoms with Crippen molar-refractivity contribution in [2.24, 2.45) is 5.73 Å². The molecule has 0 saturated carbocycles. The third-order valence-electron chi connectivity index (χ3n) is 2.97. The van der Waals surface area contributed by atoms with E-state index in [2.05, 4.69) is 19.0 Å². The van der Waals surface area contributed by atoms with Gasteiger partial charge in [0, 0.05) is 25.3 Å². The minimum absolute atomic E-state index is 0.191. The summed E-state index contributed by atoms with van der Waals surface area (Å²) in [7, 11) is 4.22. The molecule has 0 aromatic heterocycles. The highest BCUT2D eigenvalue weighted by Crippen LogP contribution is 2.24. The van der Waals surface area contributed by atoms with Crippen molar-refractivity contribution in [3.05, 3.63) is 0 Å². The van der Waals surface area contributed by atoms with Gasteiger partial charge in [-0.2, -0.15) is 0 Å². The van der Waals surface area contributed by atoms with Crippen LogP contribution in [0.25, 0.3) is 0 Å². The fraction of sp³-hybridized carbons (Fsp3) is 1.00. The van der Waals surface area contributed by atoms with E-state index in [4.69, 9.17) is 10.5 Å². The largest absolute Gasteiger partial charge is 0.381 e. The third-order valence-corrected chi connectivity index (χ3v) is 2.97. The van der Waals surface area contributed by atoms with E-state index in [1.165, 1.54) is 0 Å². The average Bonchev–Trinajstić information content (AvgIpc) is 2.29. The van der Waals surface area contributed by atoms with E-state index in [-0.39, 0.29) is 5.54 Å². The van der Waals surface area contributed by atoms with Gasteiger partial charge < -0.3 is 15.4 Å². The Morgan fingerprint density at radius 3 is 2.67 bits per heavy atom. The van der Waals surface area contributed by atoms with Crippen molar-refractivity contribution in [2.45, 2.75) is 24.8 Å². The van der Waals surface area contributed by atoms with Crippen LogP contribution in [-0.2, 0) is 4.74 Å². The average molecular weight is 172 g/mol. The van der Waals surface area contributed by atoms with Crippen molar-refractivity contribution in [2.75, 3.05) is 33.9 Å². The van der Waals surface area contributed by atoms with Crippen LogP contribution in [0.15, 0.2) is 0 Å². The lowest BCUT2D eigenvalue weighted by Crippen LogP contribution is -2.50. The molecule has 3 heteroatoms. The summed E-state index contributed by atoms with van der Waals surface area (Å²) in [6.45, 7) is 2.49. The molecule has 1 heterocycles. The molecule has 72 valence electrons. The van der Waals surface area contributed by atoms with E-state index in [9.17, 15) is 0 Å². The lowest BCUT2D eigenvalue weighted by atomic mass is 9.89. The van der Waals surface area contributed by atoms with Gasteiger partial charge in [0.1, 0.15) is 0 Å². The van der Waals surface area contributed by atoms with Crippen LogP contribution in [0.4, 0.5) is 0 Å². The van der Waals surface area contributed by atoms with Crippen LogP contribution in [-0.4, -0.2) is 44.3 Å². The van der Waals surface area contributed by atoms with Gasteiger partial charge in [0.2, 0.25) is 0 Å². The minimum atomic E-state index is 0.191. The number of hydrogen-bond donors (Lipinski definition) is 1. The summed E-state index contributed by atoms with van der Waals surface area (Å²) in [5.74, 6) is 0. The monoisotopic (exact) mass is 172 g/mol. The molecule has 0 amide bonds. The van der Waals surface area contributed by atoms with Gasteiger partial charge in [-0.25, -0.2) is 0 Å². The molecule has 1 atom stereocenters. The quantitative estimate of drug-likeness (QED) is 0.657. The smallest absolute Gasteiger partial charge is 0.0484 e. The molecule has 0 spiro atoms. The maximum Gasteiger partial charge on any atom is 0.0484 e. The summed E-state index contributed by atoms with van der Waals surface area (Å²) in [5.41, 5.74) is 6.00. The Bertz CT molecular complexity index is 128. The van der Waals surface area contributed by atoms with Crippen molar-refractivity contribution in [3.63, 3.8) is 0 Å². The zero-order valence-corrected chi connectivity index (χ0v) is 8.18. The highest BCUT2D eigenvalue weighted by molar-refractivity contribution is 4.89. The van der Waals surface area contributed by atoms with Crippen LogP contribution in [0.2, 0.25) is 0 Å². The Kier molecular flexibility index (Phi) is 3.50. The second-order valence-corrected chi connectivity index (χ2v) is 3.79. The Hall–Kier alpha value is -0.120. The second kappa shape index (κ2) is 4.21. The van der Waals surface area contributed by atoms with Crippen LogP contribution < -0.4 is 5.73 Å². The Morgan fingerprint density at radius 2 is 2.08 bits per heavy atom. The molecule has 12 heavy (non-hydrogen) atoms. The molecule has 2 N–H and O–H groups in total. The molecule has 0 radical (unpaired) electrons. The number of ether oxygens (including phenoxy) is 1. The van der Waals surface area contributed by atoms with Crippen molar-refractivity contribution >= 4 is 0 Å². The van der Waals surface area contributed by atoms with Crippen LogP contribution in [0, 0.1) is 0 Å². The fourth-order valence-corrected chi connectivity index (χ4v) is 1.83. The van der Waals surface area contributed by atoms with E-state index in [0.29, 0.717) is 0 Å². The summed E-state index contributed by atoms with van der Waals surface area (Å²) < 4.78 is 5.42. The SMILES string of the molecule is CN(C)C1(CN)CCCOCC1. The maximum atomic E-state index is 5.81. The van der Waals surface area contributed by atoms with Crippen LogP contribution in [0.5, 0.6) is 0 Å². The molecule has 0 bridgehead atoms. The Labute approximate surface area is 74.9 Å². The van der Waals surface area contributed by atoms with E-state index in [1.54, 1.807) is 0 Å². The van der Waals surface area contributed by atoms with Gasteiger partial charge in [0.05, 0.1) is 0 Å². The lowest BCUT2D eigenvalue weighted by molar-refractivity contribution is 0.107. The molecule has 3 nitrogen and oxygen atoms in total. The van der Waals surface area contributed by atoms with Gasteiger partial charge >= 0.3 is 0 Å². The van der Waals surface area contributed by atoms with Crippen molar-refractivity contribution in [3.8, 4) is 0 Å². The van der Waals surface area contributed by atoms with Gasteiger partial charge in [-0.15, -0.1) is 0 Å². The zero-order chi connectivity index (χ0) is 9.03. The predicted molar refractivity (Wildman–Crippen MR) is 50.1 cm³/mol. The van der Waals surface area contributed by atoms with Crippen LogP contribution in [0.1, 0.15) is 19.3 Å². The molecule has 1 saturated heterocycles. The van der Waals surface area contributed by atoms with E-state index >= 15 is 0 Å². The molecular formula is C9H20N2O. The maximum absolute atomic E-state index is 5.81. The number of likely N-dealkylation sites (N-methyl/N-ethyl adjacent to an activating group) is 1. The van der Waals surface area contributed by atoms with E-state index < -0.39 is 0 Å². The first-order valence-electron chi connectivity index (χ1n) is 4.66. The van der Waals surface area contributed by atoms with Gasteiger partial charge in [-0.05, 0) is 33.4 Å². The molecule has 0 aliphatic carbocycles. The Morgan fingerprint density at radius 1 is 1.33 bits per heavy atom. The molecule has 0 aromatic rings. The molecule has 1 aliphatic heterocycles. The number of hydrogen-bond acceptors (Lipinski definition) is 3. The zero-order valence-electron chi connectivity index (χ0n) is 8.18. The van der Waals surface area contributed by atoms with Crippen molar-refractivity contribution in [1.29, 1.82) is 0 Å². The number of rotatable bonds is 2. The molecule has 1 aliphatic rings. The van der Waals surface area contributed by atoms with Gasteiger partial charge in [0.25, 0.3) is 0 Å². The summed E-state index contributed by atoms with van der Waals surface area (Å²) >= 11 is 0. The number of nitrogens with two attached hydrogens (primary N) is 1. The highest BCUT2D eigenvalue weighted by atomic mass is 16.5. The Balaban J connectivity index is 2.61. The summed E-state index contributed by atoms with van der Waals surface area (Å²) in [5, 5.41) is 0. The molecule has 1 fully saturated rings. The predicted octanol–water partition coefficient (Wildman–Crippen LogP) is 0.446. The first kappa shape index (κ1) is 9.96. The van der Waals surface area contributed by atoms with Gasteiger partial charge in [-0.3, -0.25) is 0 Å². The van der Waals surface area contributed by atoms with E-state index in [1.807, 2.05) is 0 Å². The summed E-state index contributed by atoms with van der Waals surface area (Å²) in [6, 6.07) is 0. The standard InChI is InChI=1S/C9H20N2O/c1-11(2)9(8-10)4-3-6-12-7-5-9/h3-8,10H2,1-2H3. The second-order valence-electron chi connectivity index (χ2n) is 3.79. The molecule has 1 unspecified atom stereocenters.